The summed E-state index contributed by atoms with van der Waals surface area (Å²) in [5.41, 5.74) is 0.163. The second-order valence-electron chi connectivity index (χ2n) is 14.3. The Hall–Kier alpha value is -2.74. The van der Waals surface area contributed by atoms with E-state index < -0.39 is 22.7 Å². The number of hydrogen-bond acceptors (Lipinski definition) is 9. The monoisotopic (exact) mass is 806 g/mol. The Morgan fingerprint density at radius 2 is 1.89 bits per heavy atom. The number of esters is 1. The van der Waals surface area contributed by atoms with Crippen molar-refractivity contribution in [2.24, 2.45) is 5.92 Å². The number of thioether (sulfide) groups is 2. The molecule has 2 aliphatic heterocycles. The Balaban J connectivity index is 1.71. The van der Waals surface area contributed by atoms with Gasteiger partial charge in [0, 0.05) is 58.0 Å². The van der Waals surface area contributed by atoms with Crippen molar-refractivity contribution in [3.63, 3.8) is 0 Å². The van der Waals surface area contributed by atoms with Crippen molar-refractivity contribution in [3.8, 4) is 0 Å². The Morgan fingerprint density at radius 3 is 2.56 bits per heavy atom. The number of hydrogen-bond donors (Lipinski definition) is 4. The first-order valence-corrected chi connectivity index (χ1v) is 21.8. The molecule has 2 saturated heterocycles. The topological polar surface area (TPSA) is 127 Å². The van der Waals surface area contributed by atoms with Gasteiger partial charge in [-0.25, -0.2) is 6.57 Å². The molecule has 3 rings (SSSR count). The first-order chi connectivity index (χ1) is 26.1. The molecule has 1 aromatic carbocycles. The van der Waals surface area contributed by atoms with Crippen LogP contribution >= 0.6 is 35.7 Å². The highest BCUT2D eigenvalue weighted by Gasteiger charge is 2.40. The summed E-state index contributed by atoms with van der Waals surface area (Å²) in [6.07, 6.45) is 2.84. The number of nitrogens with zero attached hydrogens (tertiary/aromatic N) is 2. The summed E-state index contributed by atoms with van der Waals surface area (Å²) in [5.74, 6) is -0.782. The van der Waals surface area contributed by atoms with Crippen LogP contribution in [-0.4, -0.2) is 134 Å². The van der Waals surface area contributed by atoms with Crippen molar-refractivity contribution in [1.29, 1.82) is 0 Å². The Kier molecular flexibility index (Phi) is 21.5. The number of morpholine rings is 1. The molecule has 0 aliphatic carbocycles. The van der Waals surface area contributed by atoms with E-state index >= 15 is 0 Å². The molecule has 3 unspecified atom stereocenters. The average molecular weight is 807 g/mol. The summed E-state index contributed by atoms with van der Waals surface area (Å²) in [6, 6.07) is 10.1. The van der Waals surface area contributed by atoms with E-state index in [2.05, 4.69) is 41.5 Å². The number of quaternary nitrogens is 2. The second kappa shape index (κ2) is 25.4. The van der Waals surface area contributed by atoms with Crippen molar-refractivity contribution < 1.29 is 38.5 Å². The largest absolute Gasteiger partial charge is 0.459 e. The molecular weight excluding hydrogens is 745 g/mol. The zero-order valence-corrected chi connectivity index (χ0v) is 34.9. The molecular formula is C39H62N6O6S3+2. The molecule has 300 valence electrons. The highest BCUT2D eigenvalue weighted by atomic mass is 32.2. The molecule has 0 saturated carbocycles. The lowest BCUT2D eigenvalue weighted by molar-refractivity contribution is -0.906. The molecule has 4 N–H and O–H groups in total. The third-order valence-electron chi connectivity index (χ3n) is 10.2. The van der Waals surface area contributed by atoms with E-state index in [-0.39, 0.29) is 50.0 Å². The third kappa shape index (κ3) is 17.4. The van der Waals surface area contributed by atoms with Gasteiger partial charge in [0.2, 0.25) is 23.3 Å². The van der Waals surface area contributed by atoms with E-state index in [4.69, 9.17) is 28.3 Å². The molecule has 2 fully saturated rings. The molecule has 54 heavy (non-hydrogen) atoms. The SMILES string of the molecule is [C-]#[N+]C(C)(CCC(=O)NCC[NH+]1CCOCC1)CC(CC(SC(=S)SCCc1ccccc1)C(=O)NCCN1CCCC1=O)C(=O)OCC[NH+](CC)CC. The number of carbonyl (C=O) groups excluding carboxylic acids is 4. The molecule has 0 bridgehead atoms. The minimum absolute atomic E-state index is 0.0887. The molecule has 0 aromatic heterocycles. The second-order valence-corrected chi connectivity index (χ2v) is 17.8. The fourth-order valence-corrected chi connectivity index (χ4v) is 9.38. The fraction of sp³-hybridized carbons (Fsp3) is 0.692. The van der Waals surface area contributed by atoms with Crippen LogP contribution in [0.3, 0.4) is 0 Å². The molecule has 2 heterocycles. The third-order valence-corrected chi connectivity index (χ3v) is 13.0. The maximum Gasteiger partial charge on any atom is 0.309 e. The maximum absolute atomic E-state index is 13.9. The summed E-state index contributed by atoms with van der Waals surface area (Å²) >= 11 is 8.55. The van der Waals surface area contributed by atoms with Crippen LogP contribution in [0.4, 0.5) is 0 Å². The molecule has 0 spiro atoms. The van der Waals surface area contributed by atoms with Gasteiger partial charge in [-0.1, -0.05) is 54.3 Å². The van der Waals surface area contributed by atoms with Crippen LogP contribution in [0.1, 0.15) is 64.9 Å². The summed E-state index contributed by atoms with van der Waals surface area (Å²) in [6.45, 7) is 22.9. The zero-order chi connectivity index (χ0) is 39.2. The van der Waals surface area contributed by atoms with Crippen molar-refractivity contribution in [2.75, 3.05) is 91.0 Å². The van der Waals surface area contributed by atoms with Gasteiger partial charge in [-0.05, 0) is 38.7 Å². The number of amides is 3. The van der Waals surface area contributed by atoms with E-state index in [1.807, 2.05) is 18.2 Å². The van der Waals surface area contributed by atoms with Gasteiger partial charge in [-0.15, -0.1) is 11.8 Å². The van der Waals surface area contributed by atoms with E-state index in [1.165, 1.54) is 38.9 Å². The zero-order valence-electron chi connectivity index (χ0n) is 32.5. The number of carbonyl (C=O) groups is 4. The van der Waals surface area contributed by atoms with Gasteiger partial charge in [0.05, 0.1) is 50.6 Å². The van der Waals surface area contributed by atoms with E-state index in [9.17, 15) is 19.2 Å². The molecule has 15 heteroatoms. The van der Waals surface area contributed by atoms with Crippen molar-refractivity contribution >= 4 is 63.0 Å². The molecule has 3 amide bonds. The van der Waals surface area contributed by atoms with E-state index in [0.29, 0.717) is 42.7 Å². The lowest BCUT2D eigenvalue weighted by Crippen LogP contribution is -3.14. The van der Waals surface area contributed by atoms with Gasteiger partial charge in [0.25, 0.3) is 0 Å². The minimum atomic E-state index is -1.03. The Bertz CT molecular complexity index is 1370. The quantitative estimate of drug-likeness (QED) is 0.0698. The highest BCUT2D eigenvalue weighted by Crippen LogP contribution is 2.34. The summed E-state index contributed by atoms with van der Waals surface area (Å²) in [4.78, 5) is 61.2. The minimum Gasteiger partial charge on any atom is -0.459 e. The van der Waals surface area contributed by atoms with Crippen molar-refractivity contribution in [1.82, 2.24) is 15.5 Å². The van der Waals surface area contributed by atoms with E-state index in [0.717, 1.165) is 64.5 Å². The molecule has 0 radical (unpaired) electrons. The van der Waals surface area contributed by atoms with Gasteiger partial charge in [-0.3, -0.25) is 19.2 Å². The number of likely N-dealkylation sites (N-methyl/N-ethyl adjacent to an activating group) is 1. The van der Waals surface area contributed by atoms with Gasteiger partial charge < -0.3 is 39.7 Å². The number of ether oxygens (including phenoxy) is 2. The Labute approximate surface area is 336 Å². The smallest absolute Gasteiger partial charge is 0.309 e. The van der Waals surface area contributed by atoms with Crippen LogP contribution in [0.2, 0.25) is 0 Å². The van der Waals surface area contributed by atoms with Crippen LogP contribution in [-0.2, 0) is 35.1 Å². The van der Waals surface area contributed by atoms with Crippen LogP contribution in [0.5, 0.6) is 0 Å². The lowest BCUT2D eigenvalue weighted by atomic mass is 9.83. The van der Waals surface area contributed by atoms with Crippen LogP contribution in [0, 0.1) is 12.5 Å². The summed E-state index contributed by atoms with van der Waals surface area (Å²) < 4.78 is 11.9. The highest BCUT2D eigenvalue weighted by molar-refractivity contribution is 8.47. The average Bonchev–Trinajstić information content (AvgIpc) is 3.59. The van der Waals surface area contributed by atoms with Gasteiger partial charge in [-0.2, -0.15) is 0 Å². The van der Waals surface area contributed by atoms with Gasteiger partial charge in [0.1, 0.15) is 29.8 Å². The molecule has 2 aliphatic rings. The maximum atomic E-state index is 13.9. The number of likely N-dealkylation sites (tertiary alicyclic amines) is 1. The molecule has 1 aromatic rings. The van der Waals surface area contributed by atoms with E-state index in [1.54, 1.807) is 11.8 Å². The predicted molar refractivity (Wildman–Crippen MR) is 220 cm³/mol. The van der Waals surface area contributed by atoms with Crippen LogP contribution in [0.15, 0.2) is 30.3 Å². The van der Waals surface area contributed by atoms with Crippen LogP contribution in [0.25, 0.3) is 4.85 Å². The standard InChI is InChI=1S/C39H60N6O6S3/c1-5-43(6-2)24-27-51-37(49)32(30-39(3,40-4)16-14-34(46)41-17-20-44-22-25-50-26-23-44)29-33(36(48)42-18-21-45-19-10-13-35(45)47)54-38(52)53-28-15-31-11-8-7-9-12-31/h7-9,11-12,32-33H,5-6,10,13-30H2,1-3H3,(H,41,46)(H,42,48)/p+2. The van der Waals surface area contributed by atoms with Gasteiger partial charge in [0.15, 0.2) is 0 Å². The summed E-state index contributed by atoms with van der Waals surface area (Å²) in [5, 5.41) is 5.27. The fourth-order valence-electron chi connectivity index (χ4n) is 6.66. The number of rotatable bonds is 24. The van der Waals surface area contributed by atoms with Crippen molar-refractivity contribution in [2.45, 2.75) is 76.5 Å². The number of aryl methyl sites for hydroxylation is 1. The molecule has 12 nitrogen and oxygen atoms in total. The first-order valence-electron chi connectivity index (χ1n) is 19.5. The number of nitrogens with one attached hydrogen (secondary N) is 4. The number of benzene rings is 1. The first kappa shape index (κ1) is 45.6. The summed E-state index contributed by atoms with van der Waals surface area (Å²) in [7, 11) is 0. The normalized spacial score (nSPS) is 17.0. The Morgan fingerprint density at radius 1 is 1.15 bits per heavy atom. The predicted octanol–water partition coefficient (Wildman–Crippen LogP) is 1.44. The van der Waals surface area contributed by atoms with Gasteiger partial charge >= 0.3 is 5.97 Å². The van der Waals surface area contributed by atoms with Crippen molar-refractivity contribution in [3.05, 3.63) is 47.3 Å². The number of thiocarbonyl (C=S) groups is 1. The lowest BCUT2D eigenvalue weighted by Gasteiger charge is -2.26. The van der Waals surface area contributed by atoms with Crippen LogP contribution < -0.4 is 20.4 Å². The molecule has 3 atom stereocenters.